The number of carbonyl (C=O) groups is 1. The highest BCUT2D eigenvalue weighted by molar-refractivity contribution is 5.76. The van der Waals surface area contributed by atoms with Crippen LogP contribution in [0, 0.1) is 6.92 Å². The Kier molecular flexibility index (Phi) is 5.44. The van der Waals surface area contributed by atoms with Crippen LogP contribution in [0.1, 0.15) is 30.9 Å². The summed E-state index contributed by atoms with van der Waals surface area (Å²) >= 11 is 0. The number of aromatic nitrogens is 2. The Morgan fingerprint density at radius 1 is 1.50 bits per heavy atom. The molecule has 1 aromatic rings. The number of hydrogen-bond acceptors (Lipinski definition) is 3. The number of aryl methyl sites for hydroxylation is 1. The second-order valence-corrected chi connectivity index (χ2v) is 5.55. The van der Waals surface area contributed by atoms with E-state index in [9.17, 15) is 18.0 Å². The molecule has 2 rings (SSSR count). The van der Waals surface area contributed by atoms with Crippen LogP contribution >= 0.6 is 0 Å². The first kappa shape index (κ1) is 16.8. The zero-order valence-corrected chi connectivity index (χ0v) is 12.5. The predicted molar refractivity (Wildman–Crippen MR) is 73.3 cm³/mol. The number of nitrogens with zero attached hydrogens (tertiary/aromatic N) is 3. The summed E-state index contributed by atoms with van der Waals surface area (Å²) in [6.07, 6.45) is 1.13. The van der Waals surface area contributed by atoms with Crippen molar-refractivity contribution < 1.29 is 22.7 Å². The van der Waals surface area contributed by atoms with E-state index in [1.165, 1.54) is 0 Å². The lowest BCUT2D eigenvalue weighted by molar-refractivity contribution is -0.175. The molecule has 124 valence electrons. The van der Waals surface area contributed by atoms with Crippen LogP contribution in [0.3, 0.4) is 0 Å². The molecule has 1 aliphatic heterocycles. The van der Waals surface area contributed by atoms with Gasteiger partial charge in [-0.2, -0.15) is 18.3 Å². The van der Waals surface area contributed by atoms with E-state index in [2.05, 4.69) is 9.84 Å². The lowest BCUT2D eigenvalue weighted by atomic mass is 10.1. The molecule has 0 spiro atoms. The number of hydrogen-bond donors (Lipinski definition) is 0. The number of alkyl halides is 3. The molecule has 1 aliphatic rings. The van der Waals surface area contributed by atoms with Gasteiger partial charge >= 0.3 is 6.18 Å². The minimum absolute atomic E-state index is 0.0269. The normalized spacial score (nSPS) is 19.5. The number of ether oxygens (including phenoxy) is 1. The van der Waals surface area contributed by atoms with E-state index in [1.54, 1.807) is 11.1 Å². The van der Waals surface area contributed by atoms with Crippen LogP contribution in [0.4, 0.5) is 13.2 Å². The van der Waals surface area contributed by atoms with Gasteiger partial charge in [-0.3, -0.25) is 9.48 Å². The number of rotatable bonds is 5. The van der Waals surface area contributed by atoms with Gasteiger partial charge in [0.2, 0.25) is 5.91 Å². The first-order valence-corrected chi connectivity index (χ1v) is 7.28. The molecule has 1 saturated heterocycles. The van der Waals surface area contributed by atoms with Gasteiger partial charge in [0, 0.05) is 19.3 Å². The molecule has 8 heteroatoms. The molecule has 1 amide bonds. The fourth-order valence-corrected chi connectivity index (χ4v) is 2.54. The third kappa shape index (κ3) is 5.01. The molecule has 22 heavy (non-hydrogen) atoms. The molecule has 0 aliphatic carbocycles. The predicted octanol–water partition coefficient (Wildman–Crippen LogP) is 2.32. The smallest absolute Gasteiger partial charge is 0.372 e. The van der Waals surface area contributed by atoms with E-state index in [1.807, 2.05) is 17.8 Å². The Balaban J connectivity index is 1.78. The van der Waals surface area contributed by atoms with Gasteiger partial charge in [0.1, 0.15) is 6.61 Å². The van der Waals surface area contributed by atoms with Crippen molar-refractivity contribution in [3.05, 3.63) is 18.0 Å². The molecule has 0 saturated carbocycles. The lowest BCUT2D eigenvalue weighted by Gasteiger charge is -2.33. The average Bonchev–Trinajstić information content (AvgIpc) is 2.89. The molecular formula is C14H20F3N3O2. The number of amides is 1. The Morgan fingerprint density at radius 3 is 2.91 bits per heavy atom. The fraction of sp³-hybridized carbons (Fsp3) is 0.714. The van der Waals surface area contributed by atoms with Gasteiger partial charge in [-0.05, 0) is 25.3 Å². The topological polar surface area (TPSA) is 47.4 Å². The highest BCUT2D eigenvalue weighted by Crippen LogP contribution is 2.22. The minimum atomic E-state index is -4.35. The minimum Gasteiger partial charge on any atom is -0.372 e. The molecule has 0 radical (unpaired) electrons. The summed E-state index contributed by atoms with van der Waals surface area (Å²) < 4.78 is 42.2. The third-order valence-corrected chi connectivity index (χ3v) is 3.58. The highest BCUT2D eigenvalue weighted by Gasteiger charge is 2.28. The van der Waals surface area contributed by atoms with Gasteiger partial charge in [0.25, 0.3) is 0 Å². The van der Waals surface area contributed by atoms with Gasteiger partial charge in [-0.15, -0.1) is 0 Å². The summed E-state index contributed by atoms with van der Waals surface area (Å²) in [7, 11) is 0. The molecule has 1 fully saturated rings. The summed E-state index contributed by atoms with van der Waals surface area (Å²) in [6.45, 7) is 1.61. The van der Waals surface area contributed by atoms with Gasteiger partial charge < -0.3 is 9.64 Å². The number of piperidine rings is 1. The van der Waals surface area contributed by atoms with Crippen LogP contribution in [0.2, 0.25) is 0 Å². The second-order valence-electron chi connectivity index (χ2n) is 5.55. The SMILES string of the molecule is Cc1cnn([C@H]2CCCN(C(=O)CCOCC(F)(F)F)C2)c1. The van der Waals surface area contributed by atoms with Gasteiger partial charge in [0.15, 0.2) is 0 Å². The van der Waals surface area contributed by atoms with Crippen molar-refractivity contribution in [3.8, 4) is 0 Å². The monoisotopic (exact) mass is 319 g/mol. The van der Waals surface area contributed by atoms with E-state index in [0.29, 0.717) is 13.1 Å². The molecule has 1 atom stereocenters. The van der Waals surface area contributed by atoms with Crippen LogP contribution in [0.5, 0.6) is 0 Å². The van der Waals surface area contributed by atoms with Crippen molar-refractivity contribution >= 4 is 5.91 Å². The lowest BCUT2D eigenvalue weighted by Crippen LogP contribution is -2.41. The fourth-order valence-electron chi connectivity index (χ4n) is 2.54. The van der Waals surface area contributed by atoms with Crippen molar-refractivity contribution in [3.63, 3.8) is 0 Å². The quantitative estimate of drug-likeness (QED) is 0.783. The largest absolute Gasteiger partial charge is 0.411 e. The summed E-state index contributed by atoms with van der Waals surface area (Å²) in [4.78, 5) is 13.7. The first-order valence-electron chi connectivity index (χ1n) is 7.28. The zero-order chi connectivity index (χ0) is 16.2. The van der Waals surface area contributed by atoms with Crippen molar-refractivity contribution in [1.82, 2.24) is 14.7 Å². The van der Waals surface area contributed by atoms with Crippen LogP contribution in [-0.2, 0) is 9.53 Å². The van der Waals surface area contributed by atoms with Crippen molar-refractivity contribution in [1.29, 1.82) is 0 Å². The standard InChI is InChI=1S/C14H20F3N3O2/c1-11-7-18-20(8-11)12-3-2-5-19(9-12)13(21)4-6-22-10-14(15,16)17/h7-8,12H,2-6,9-10H2,1H3/t12-/m0/s1. The van der Waals surface area contributed by atoms with Crippen LogP contribution in [0.15, 0.2) is 12.4 Å². The van der Waals surface area contributed by atoms with Gasteiger partial charge in [0.05, 0.1) is 25.3 Å². The van der Waals surface area contributed by atoms with E-state index >= 15 is 0 Å². The van der Waals surface area contributed by atoms with E-state index in [-0.39, 0.29) is 25.0 Å². The Bertz CT molecular complexity index is 502. The van der Waals surface area contributed by atoms with Crippen LogP contribution in [-0.4, -0.2) is 53.1 Å². The van der Waals surface area contributed by atoms with E-state index in [0.717, 1.165) is 18.4 Å². The van der Waals surface area contributed by atoms with E-state index < -0.39 is 12.8 Å². The Hall–Kier alpha value is -1.57. The first-order chi connectivity index (χ1) is 10.3. The summed E-state index contributed by atoms with van der Waals surface area (Å²) in [5.41, 5.74) is 1.06. The molecule has 0 aromatic carbocycles. The summed E-state index contributed by atoms with van der Waals surface area (Å²) in [5.74, 6) is -0.171. The molecule has 5 nitrogen and oxygen atoms in total. The Labute approximate surface area is 127 Å². The molecule has 0 unspecified atom stereocenters. The van der Waals surface area contributed by atoms with Crippen LogP contribution in [0.25, 0.3) is 0 Å². The number of carbonyl (C=O) groups excluding carboxylic acids is 1. The maximum absolute atomic E-state index is 12.0. The third-order valence-electron chi connectivity index (χ3n) is 3.58. The zero-order valence-electron chi connectivity index (χ0n) is 12.5. The summed E-state index contributed by atoms with van der Waals surface area (Å²) in [5, 5.41) is 4.26. The van der Waals surface area contributed by atoms with Crippen LogP contribution < -0.4 is 0 Å². The van der Waals surface area contributed by atoms with Crippen molar-refractivity contribution in [2.45, 2.75) is 38.4 Å². The van der Waals surface area contributed by atoms with Crippen molar-refractivity contribution in [2.75, 3.05) is 26.3 Å². The molecule has 2 heterocycles. The van der Waals surface area contributed by atoms with Gasteiger partial charge in [-0.1, -0.05) is 0 Å². The number of halogens is 3. The maximum atomic E-state index is 12.0. The molecule has 0 bridgehead atoms. The molecule has 0 N–H and O–H groups in total. The van der Waals surface area contributed by atoms with Crippen molar-refractivity contribution in [2.24, 2.45) is 0 Å². The highest BCUT2D eigenvalue weighted by atomic mass is 19.4. The molecular weight excluding hydrogens is 299 g/mol. The summed E-state index contributed by atoms with van der Waals surface area (Å²) in [6, 6.07) is 0.127. The second kappa shape index (κ2) is 7.13. The van der Waals surface area contributed by atoms with Gasteiger partial charge in [-0.25, -0.2) is 0 Å². The van der Waals surface area contributed by atoms with E-state index in [4.69, 9.17) is 0 Å². The molecule has 1 aromatic heterocycles. The number of likely N-dealkylation sites (tertiary alicyclic amines) is 1. The average molecular weight is 319 g/mol. The Morgan fingerprint density at radius 2 is 2.27 bits per heavy atom. The maximum Gasteiger partial charge on any atom is 0.411 e.